The van der Waals surface area contributed by atoms with Crippen LogP contribution in [0.1, 0.15) is 71.1 Å². The number of unbranched alkanes of at least 4 members (excludes halogenated alkanes) is 4. The van der Waals surface area contributed by atoms with Gasteiger partial charge >= 0.3 is 5.97 Å². The lowest BCUT2D eigenvalue weighted by atomic mass is 9.86. The van der Waals surface area contributed by atoms with E-state index < -0.39 is 5.79 Å². The molecule has 2 saturated heterocycles. The van der Waals surface area contributed by atoms with E-state index in [0.717, 1.165) is 25.7 Å². The fourth-order valence-corrected chi connectivity index (χ4v) is 4.68. The van der Waals surface area contributed by atoms with Gasteiger partial charge in [0.25, 0.3) is 0 Å². The van der Waals surface area contributed by atoms with Gasteiger partial charge < -0.3 is 19.3 Å². The Kier molecular flexibility index (Phi) is 6.17. The van der Waals surface area contributed by atoms with Crippen molar-refractivity contribution in [1.29, 1.82) is 0 Å². The number of esters is 1. The zero-order chi connectivity index (χ0) is 17.0. The van der Waals surface area contributed by atoms with Crippen molar-refractivity contribution in [3.63, 3.8) is 0 Å². The second-order valence-electron chi connectivity index (χ2n) is 7.67. The fraction of sp³-hybridized carbons (Fsp3) is 0.947. The zero-order valence-corrected chi connectivity index (χ0v) is 14.9. The highest BCUT2D eigenvalue weighted by Crippen LogP contribution is 2.45. The third kappa shape index (κ3) is 4.12. The van der Waals surface area contributed by atoms with Crippen LogP contribution in [0.3, 0.4) is 0 Å². The average Bonchev–Trinajstić information content (AvgIpc) is 3.21. The summed E-state index contributed by atoms with van der Waals surface area (Å²) in [5.41, 5.74) is 0. The minimum Gasteiger partial charge on any atom is -0.462 e. The molecule has 3 unspecified atom stereocenters. The SMILES string of the molecule is CCCCCCCC1(CC[C@H]2C(O)CC3OC(=O)CC32)OCCO1. The first-order chi connectivity index (χ1) is 11.6. The molecular formula is C19H32O5. The van der Waals surface area contributed by atoms with Gasteiger partial charge in [0.15, 0.2) is 5.79 Å². The number of hydrogen-bond acceptors (Lipinski definition) is 5. The van der Waals surface area contributed by atoms with E-state index in [1.807, 2.05) is 0 Å². The molecule has 0 spiro atoms. The molecule has 1 aliphatic carbocycles. The predicted molar refractivity (Wildman–Crippen MR) is 89.3 cm³/mol. The molecular weight excluding hydrogens is 308 g/mol. The van der Waals surface area contributed by atoms with Crippen molar-refractivity contribution >= 4 is 5.97 Å². The molecule has 2 aliphatic heterocycles. The normalized spacial score (nSPS) is 34.5. The highest BCUT2D eigenvalue weighted by molar-refractivity contribution is 5.72. The number of aliphatic hydroxyl groups is 1. The van der Waals surface area contributed by atoms with Crippen molar-refractivity contribution in [2.24, 2.45) is 11.8 Å². The van der Waals surface area contributed by atoms with Crippen LogP contribution in [0.4, 0.5) is 0 Å². The van der Waals surface area contributed by atoms with Crippen LogP contribution in [-0.4, -0.2) is 42.3 Å². The van der Waals surface area contributed by atoms with Crippen LogP contribution in [0.25, 0.3) is 0 Å². The van der Waals surface area contributed by atoms with Crippen molar-refractivity contribution in [1.82, 2.24) is 0 Å². The Morgan fingerprint density at radius 1 is 1.12 bits per heavy atom. The van der Waals surface area contributed by atoms with Crippen LogP contribution in [0, 0.1) is 11.8 Å². The standard InChI is InChI=1S/C19H32O5/c1-2-3-4-5-6-8-19(22-10-11-23-19)9-7-14-15-12-18(21)24-17(15)13-16(14)20/h14-17,20H,2-13H2,1H3/t14-,15?,16?,17?/m1/s1. The monoisotopic (exact) mass is 340 g/mol. The topological polar surface area (TPSA) is 65.0 Å². The van der Waals surface area contributed by atoms with E-state index in [9.17, 15) is 9.90 Å². The van der Waals surface area contributed by atoms with Gasteiger partial charge in [-0.05, 0) is 18.8 Å². The first-order valence-corrected chi connectivity index (χ1v) is 9.79. The summed E-state index contributed by atoms with van der Waals surface area (Å²) in [5.74, 6) is -0.268. The number of carbonyl (C=O) groups excluding carboxylic acids is 1. The maximum absolute atomic E-state index is 11.5. The third-order valence-corrected chi connectivity index (χ3v) is 6.01. The van der Waals surface area contributed by atoms with E-state index in [2.05, 4.69) is 6.92 Å². The smallest absolute Gasteiger partial charge is 0.306 e. The van der Waals surface area contributed by atoms with Crippen LogP contribution in [0.5, 0.6) is 0 Å². The largest absolute Gasteiger partial charge is 0.462 e. The van der Waals surface area contributed by atoms with E-state index in [-0.39, 0.29) is 30.0 Å². The fourth-order valence-electron chi connectivity index (χ4n) is 4.68. The molecule has 0 aromatic carbocycles. The van der Waals surface area contributed by atoms with E-state index in [1.54, 1.807) is 0 Å². The van der Waals surface area contributed by atoms with Gasteiger partial charge in [-0.15, -0.1) is 0 Å². The van der Waals surface area contributed by atoms with Crippen molar-refractivity contribution in [3.05, 3.63) is 0 Å². The molecule has 0 aromatic rings. The molecule has 1 N–H and O–H groups in total. The number of rotatable bonds is 9. The Morgan fingerprint density at radius 3 is 2.62 bits per heavy atom. The Hall–Kier alpha value is -0.650. The third-order valence-electron chi connectivity index (χ3n) is 6.01. The molecule has 3 aliphatic rings. The zero-order valence-electron chi connectivity index (χ0n) is 14.9. The van der Waals surface area contributed by atoms with E-state index >= 15 is 0 Å². The maximum atomic E-state index is 11.5. The summed E-state index contributed by atoms with van der Waals surface area (Å²) in [6.45, 7) is 3.55. The molecule has 24 heavy (non-hydrogen) atoms. The number of carbonyl (C=O) groups is 1. The van der Waals surface area contributed by atoms with E-state index in [1.165, 1.54) is 25.7 Å². The number of hydrogen-bond donors (Lipinski definition) is 1. The predicted octanol–water partition coefficient (Wildman–Crippen LogP) is 3.18. The maximum Gasteiger partial charge on any atom is 0.306 e. The van der Waals surface area contributed by atoms with Gasteiger partial charge in [-0.2, -0.15) is 0 Å². The first-order valence-electron chi connectivity index (χ1n) is 9.79. The number of ether oxygens (including phenoxy) is 3. The molecule has 0 bridgehead atoms. The van der Waals surface area contributed by atoms with Crippen LogP contribution in [-0.2, 0) is 19.0 Å². The van der Waals surface area contributed by atoms with Gasteiger partial charge in [0.1, 0.15) is 6.10 Å². The summed E-state index contributed by atoms with van der Waals surface area (Å²) < 4.78 is 17.3. The lowest BCUT2D eigenvalue weighted by Crippen LogP contribution is -2.32. The minimum atomic E-state index is -0.465. The van der Waals surface area contributed by atoms with Crippen molar-refractivity contribution in [2.75, 3.05) is 13.2 Å². The van der Waals surface area contributed by atoms with Crippen LogP contribution in [0.15, 0.2) is 0 Å². The minimum absolute atomic E-state index is 0.0760. The van der Waals surface area contributed by atoms with Gasteiger partial charge in [0.05, 0.1) is 25.7 Å². The molecule has 5 nitrogen and oxygen atoms in total. The molecule has 3 fully saturated rings. The van der Waals surface area contributed by atoms with Gasteiger partial charge in [-0.3, -0.25) is 4.79 Å². The van der Waals surface area contributed by atoms with E-state index in [0.29, 0.717) is 26.1 Å². The molecule has 0 radical (unpaired) electrons. The number of aliphatic hydroxyl groups excluding tert-OH is 1. The molecule has 0 aromatic heterocycles. The molecule has 3 rings (SSSR count). The second-order valence-corrected chi connectivity index (χ2v) is 7.67. The molecule has 0 amide bonds. The van der Waals surface area contributed by atoms with Crippen molar-refractivity contribution < 1.29 is 24.1 Å². The lowest BCUT2D eigenvalue weighted by Gasteiger charge is -2.30. The van der Waals surface area contributed by atoms with Crippen molar-refractivity contribution in [3.8, 4) is 0 Å². The average molecular weight is 340 g/mol. The molecule has 1 saturated carbocycles. The van der Waals surface area contributed by atoms with Gasteiger partial charge in [-0.25, -0.2) is 0 Å². The summed E-state index contributed by atoms with van der Waals surface area (Å²) in [4.78, 5) is 11.5. The Bertz CT molecular complexity index is 418. The van der Waals surface area contributed by atoms with E-state index in [4.69, 9.17) is 14.2 Å². The Balaban J connectivity index is 1.49. The Labute approximate surface area is 145 Å². The van der Waals surface area contributed by atoms with Crippen LogP contribution in [0.2, 0.25) is 0 Å². The molecule has 4 atom stereocenters. The quantitative estimate of drug-likeness (QED) is 0.516. The summed E-state index contributed by atoms with van der Waals surface area (Å²) in [6.07, 6.45) is 9.35. The molecule has 5 heteroatoms. The highest BCUT2D eigenvalue weighted by Gasteiger charge is 2.50. The van der Waals surface area contributed by atoms with Gasteiger partial charge in [0, 0.05) is 25.2 Å². The summed E-state index contributed by atoms with van der Waals surface area (Å²) in [5, 5.41) is 10.3. The summed E-state index contributed by atoms with van der Waals surface area (Å²) >= 11 is 0. The first kappa shape index (κ1) is 18.2. The van der Waals surface area contributed by atoms with Crippen molar-refractivity contribution in [2.45, 2.75) is 89.1 Å². The summed E-state index contributed by atoms with van der Waals surface area (Å²) in [7, 11) is 0. The Morgan fingerprint density at radius 2 is 1.88 bits per heavy atom. The van der Waals surface area contributed by atoms with Crippen LogP contribution < -0.4 is 0 Å². The number of fused-ring (bicyclic) bond motifs is 1. The highest BCUT2D eigenvalue weighted by atomic mass is 16.7. The summed E-state index contributed by atoms with van der Waals surface area (Å²) in [6, 6.07) is 0. The lowest BCUT2D eigenvalue weighted by molar-refractivity contribution is -0.171. The second kappa shape index (κ2) is 8.15. The van der Waals surface area contributed by atoms with Gasteiger partial charge in [0.2, 0.25) is 0 Å². The van der Waals surface area contributed by atoms with Crippen LogP contribution >= 0.6 is 0 Å². The molecule has 2 heterocycles. The molecule has 138 valence electrons. The van der Waals surface area contributed by atoms with Gasteiger partial charge in [-0.1, -0.05) is 32.6 Å².